The zero-order valence-electron chi connectivity index (χ0n) is 25.6. The average Bonchev–Trinajstić information content (AvgIpc) is 3.60. The summed E-state index contributed by atoms with van der Waals surface area (Å²) in [6.45, 7) is 9.66. The minimum Gasteiger partial charge on any atom is -0.455 e. The molecule has 7 aromatic rings. The molecule has 214 valence electrons. The van der Waals surface area contributed by atoms with E-state index in [1.165, 1.54) is 48.0 Å². The van der Waals surface area contributed by atoms with E-state index in [4.69, 9.17) is 9.40 Å². The number of benzene rings is 5. The molecule has 43 heavy (non-hydrogen) atoms. The minimum absolute atomic E-state index is 0.0301. The van der Waals surface area contributed by atoms with Gasteiger partial charge in [-0.15, -0.1) is 0 Å². The Morgan fingerprint density at radius 1 is 0.721 bits per heavy atom. The van der Waals surface area contributed by atoms with Gasteiger partial charge in [0.05, 0.1) is 30.4 Å². The number of aromatic nitrogens is 2. The minimum atomic E-state index is -1.48. The Hall–Kier alpha value is -4.15. The standard InChI is InChI=1S/C39H38N2OSi/c1-39(2,3)32-25-27(43(4)23-10-5-11-24-43)20-22-34(32)41-35-18-9-8-17-33(35)40-38(41)31-16-12-15-29-30-21-19-26-13-6-7-14-28(26)36(30)42-37(29)31/h6-9,12-22,25H,5,10-11,23-24H2,1-4H3. The van der Waals surface area contributed by atoms with E-state index in [-0.39, 0.29) is 5.41 Å². The van der Waals surface area contributed by atoms with Crippen molar-refractivity contribution in [2.45, 2.75) is 64.1 Å². The first kappa shape index (κ1) is 26.5. The van der Waals surface area contributed by atoms with Gasteiger partial charge in [-0.25, -0.2) is 4.98 Å². The van der Waals surface area contributed by atoms with Crippen LogP contribution in [0.25, 0.3) is 60.8 Å². The SMILES string of the molecule is CC(C)(C)c1cc([Si]2(C)CCCCC2)ccc1-n1c(-c2cccc3c2oc2c4ccccc4ccc32)nc2ccccc21. The highest BCUT2D eigenvalue weighted by Crippen LogP contribution is 2.41. The van der Waals surface area contributed by atoms with E-state index < -0.39 is 8.07 Å². The van der Waals surface area contributed by atoms with Gasteiger partial charge in [0.2, 0.25) is 0 Å². The summed E-state index contributed by atoms with van der Waals surface area (Å²) in [5, 5.41) is 6.20. The molecule has 0 N–H and O–H groups in total. The molecule has 1 aliphatic rings. The smallest absolute Gasteiger partial charge is 0.149 e. The van der Waals surface area contributed by atoms with Crippen LogP contribution in [-0.4, -0.2) is 17.6 Å². The monoisotopic (exact) mass is 578 g/mol. The summed E-state index contributed by atoms with van der Waals surface area (Å²) < 4.78 is 9.19. The molecule has 4 heteroatoms. The number of fused-ring (bicyclic) bond motifs is 6. The first-order chi connectivity index (χ1) is 20.8. The Labute approximate surface area is 254 Å². The lowest BCUT2D eigenvalue weighted by molar-refractivity contribution is 0.587. The number of hydrogen-bond acceptors (Lipinski definition) is 2. The highest BCUT2D eigenvalue weighted by atomic mass is 28.3. The van der Waals surface area contributed by atoms with Crippen molar-refractivity contribution in [1.82, 2.24) is 9.55 Å². The van der Waals surface area contributed by atoms with Crippen LogP contribution in [0.1, 0.15) is 45.6 Å². The quantitative estimate of drug-likeness (QED) is 0.195. The summed E-state index contributed by atoms with van der Waals surface area (Å²) in [5.41, 5.74) is 7.53. The molecule has 0 radical (unpaired) electrons. The van der Waals surface area contributed by atoms with Gasteiger partial charge in [-0.05, 0) is 46.7 Å². The molecule has 0 amide bonds. The lowest BCUT2D eigenvalue weighted by Gasteiger charge is -2.34. The Morgan fingerprint density at radius 3 is 2.30 bits per heavy atom. The van der Waals surface area contributed by atoms with Crippen LogP contribution in [-0.2, 0) is 5.41 Å². The number of rotatable bonds is 3. The van der Waals surface area contributed by atoms with Gasteiger partial charge in [-0.2, -0.15) is 0 Å². The molecule has 1 fully saturated rings. The summed E-state index contributed by atoms with van der Waals surface area (Å²) in [6, 6.07) is 38.1. The highest BCUT2D eigenvalue weighted by molar-refractivity contribution is 6.91. The third-order valence-corrected chi connectivity index (χ3v) is 14.5. The van der Waals surface area contributed by atoms with Crippen LogP contribution in [0, 0.1) is 0 Å². The van der Waals surface area contributed by atoms with Gasteiger partial charge in [0, 0.05) is 16.2 Å². The highest BCUT2D eigenvalue weighted by Gasteiger charge is 2.33. The van der Waals surface area contributed by atoms with Crippen LogP contribution in [0.15, 0.2) is 101 Å². The van der Waals surface area contributed by atoms with Crippen LogP contribution in [0.5, 0.6) is 0 Å². The molecular formula is C39H38N2OSi. The lowest BCUT2D eigenvalue weighted by atomic mass is 9.85. The fourth-order valence-electron chi connectivity index (χ4n) is 7.48. The molecule has 0 atom stereocenters. The van der Waals surface area contributed by atoms with Crippen molar-refractivity contribution in [3.63, 3.8) is 0 Å². The van der Waals surface area contributed by atoms with Gasteiger partial charge in [0.15, 0.2) is 0 Å². The van der Waals surface area contributed by atoms with Crippen molar-refractivity contribution in [3.05, 3.63) is 103 Å². The first-order valence-corrected chi connectivity index (χ1v) is 18.7. The van der Waals surface area contributed by atoms with Gasteiger partial charge in [-0.3, -0.25) is 4.57 Å². The topological polar surface area (TPSA) is 31.0 Å². The van der Waals surface area contributed by atoms with Crippen molar-refractivity contribution in [2.24, 2.45) is 0 Å². The van der Waals surface area contributed by atoms with E-state index in [0.717, 1.165) is 49.7 Å². The molecule has 3 nitrogen and oxygen atoms in total. The Morgan fingerprint density at radius 2 is 1.47 bits per heavy atom. The van der Waals surface area contributed by atoms with E-state index in [1.807, 2.05) is 0 Å². The molecular weight excluding hydrogens is 541 g/mol. The molecule has 0 spiro atoms. The number of nitrogens with zero attached hydrogens (tertiary/aromatic N) is 2. The van der Waals surface area contributed by atoms with E-state index in [0.29, 0.717) is 0 Å². The van der Waals surface area contributed by atoms with E-state index in [2.05, 4.69) is 129 Å². The summed E-state index contributed by atoms with van der Waals surface area (Å²) in [6.07, 6.45) is 4.14. The van der Waals surface area contributed by atoms with E-state index in [1.54, 1.807) is 5.19 Å². The predicted molar refractivity (Wildman–Crippen MR) is 185 cm³/mol. The molecule has 8 rings (SSSR count). The number of furan rings is 1. The molecule has 0 bridgehead atoms. The largest absolute Gasteiger partial charge is 0.455 e. The van der Waals surface area contributed by atoms with Crippen molar-refractivity contribution >= 4 is 57.0 Å². The number of hydrogen-bond donors (Lipinski definition) is 0. The molecule has 1 aliphatic heterocycles. The van der Waals surface area contributed by atoms with Crippen LogP contribution in [0.3, 0.4) is 0 Å². The van der Waals surface area contributed by atoms with Crippen molar-refractivity contribution in [2.75, 3.05) is 0 Å². The molecule has 2 aromatic heterocycles. The van der Waals surface area contributed by atoms with Gasteiger partial charge >= 0.3 is 0 Å². The Bertz CT molecular complexity index is 2170. The van der Waals surface area contributed by atoms with Gasteiger partial charge in [0.25, 0.3) is 0 Å². The predicted octanol–water partition coefficient (Wildman–Crippen LogP) is 10.5. The molecule has 0 unspecified atom stereocenters. The maximum Gasteiger partial charge on any atom is 0.149 e. The van der Waals surface area contributed by atoms with Crippen LogP contribution in [0.2, 0.25) is 18.6 Å². The van der Waals surface area contributed by atoms with Crippen LogP contribution >= 0.6 is 0 Å². The molecule has 1 saturated heterocycles. The van der Waals surface area contributed by atoms with E-state index in [9.17, 15) is 0 Å². The zero-order chi connectivity index (χ0) is 29.3. The second-order valence-electron chi connectivity index (χ2n) is 13.8. The van der Waals surface area contributed by atoms with Crippen molar-refractivity contribution in [3.8, 4) is 17.1 Å². The average molecular weight is 579 g/mol. The zero-order valence-corrected chi connectivity index (χ0v) is 26.6. The molecule has 0 saturated carbocycles. The third-order valence-electron chi connectivity index (χ3n) is 9.89. The van der Waals surface area contributed by atoms with Crippen LogP contribution < -0.4 is 5.19 Å². The second kappa shape index (κ2) is 9.68. The van der Waals surface area contributed by atoms with Gasteiger partial charge < -0.3 is 4.42 Å². The van der Waals surface area contributed by atoms with E-state index >= 15 is 0 Å². The van der Waals surface area contributed by atoms with Crippen molar-refractivity contribution in [1.29, 1.82) is 0 Å². The van der Waals surface area contributed by atoms with Gasteiger partial charge in [-0.1, -0.05) is 131 Å². The normalized spacial score (nSPS) is 15.6. The third kappa shape index (κ3) is 4.18. The Balaban J connectivity index is 1.41. The second-order valence-corrected chi connectivity index (χ2v) is 18.5. The number of para-hydroxylation sites is 3. The molecule has 3 heterocycles. The Kier molecular flexibility index (Phi) is 5.96. The number of imidazole rings is 1. The first-order valence-electron chi connectivity index (χ1n) is 15.8. The lowest BCUT2D eigenvalue weighted by Crippen LogP contribution is -2.46. The van der Waals surface area contributed by atoms with Gasteiger partial charge in [0.1, 0.15) is 17.0 Å². The summed E-state index contributed by atoms with van der Waals surface area (Å²) in [7, 11) is -1.48. The fourth-order valence-corrected chi connectivity index (χ4v) is 11.3. The fraction of sp³-hybridized carbons (Fsp3) is 0.256. The molecule has 5 aromatic carbocycles. The molecule has 0 aliphatic carbocycles. The maximum absolute atomic E-state index is 6.80. The van der Waals surface area contributed by atoms with Crippen molar-refractivity contribution < 1.29 is 4.42 Å². The maximum atomic E-state index is 6.80. The summed E-state index contributed by atoms with van der Waals surface area (Å²) in [5.74, 6) is 0.925. The van der Waals surface area contributed by atoms with Crippen LogP contribution in [0.4, 0.5) is 0 Å². The summed E-state index contributed by atoms with van der Waals surface area (Å²) >= 11 is 0. The summed E-state index contributed by atoms with van der Waals surface area (Å²) in [4.78, 5) is 5.30.